The Labute approximate surface area is 121 Å². The van der Waals surface area contributed by atoms with E-state index in [9.17, 15) is 8.42 Å². The van der Waals surface area contributed by atoms with E-state index in [1.54, 1.807) is 0 Å². The maximum atomic E-state index is 12.3. The van der Waals surface area contributed by atoms with E-state index in [2.05, 4.69) is 23.6 Å². The number of nitrogens with zero attached hydrogens (tertiary/aromatic N) is 2. The number of likely N-dealkylation sites (N-methyl/N-ethyl adjacent to an activating group) is 1. The predicted octanol–water partition coefficient (Wildman–Crippen LogP) is 0.918. The molecule has 1 atom stereocenters. The third kappa shape index (κ3) is 5.44. The van der Waals surface area contributed by atoms with Crippen LogP contribution in [0.1, 0.15) is 20.3 Å². The second-order valence-electron chi connectivity index (χ2n) is 5.63. The summed E-state index contributed by atoms with van der Waals surface area (Å²) in [5.74, 6) is 0.711. The molecule has 0 aliphatic carbocycles. The summed E-state index contributed by atoms with van der Waals surface area (Å²) in [6, 6.07) is 2.82. The molecule has 1 heterocycles. The Hall–Kier alpha value is -1.18. The summed E-state index contributed by atoms with van der Waals surface area (Å²) in [7, 11) is 0.284. The molecular weight excluding hydrogens is 276 g/mol. The lowest BCUT2D eigenvalue weighted by Gasteiger charge is -2.23. The summed E-state index contributed by atoms with van der Waals surface area (Å²) in [6.07, 6.45) is 2.06. The molecule has 0 spiro atoms. The number of pyridine rings is 1. The number of nitrogens with two attached hydrogens (primary N) is 1. The number of anilines is 1. The number of nitrogen functional groups attached to an aromatic ring is 1. The van der Waals surface area contributed by atoms with E-state index in [1.165, 1.54) is 18.3 Å². The van der Waals surface area contributed by atoms with Crippen molar-refractivity contribution in [1.29, 1.82) is 0 Å². The smallest absolute Gasteiger partial charge is 0.242 e. The molecule has 0 amide bonds. The fourth-order valence-corrected chi connectivity index (χ4v) is 3.19. The van der Waals surface area contributed by atoms with Gasteiger partial charge in [0.2, 0.25) is 10.0 Å². The minimum atomic E-state index is -3.56. The van der Waals surface area contributed by atoms with Gasteiger partial charge in [-0.3, -0.25) is 0 Å². The first kappa shape index (κ1) is 16.9. The lowest BCUT2D eigenvalue weighted by molar-refractivity contribution is 0.329. The van der Waals surface area contributed by atoms with E-state index < -0.39 is 10.0 Å². The number of aromatic nitrogens is 1. The number of nitrogens with one attached hydrogen (secondary N) is 1. The Morgan fingerprint density at radius 2 is 2.00 bits per heavy atom. The van der Waals surface area contributed by atoms with Crippen molar-refractivity contribution in [2.75, 3.05) is 26.4 Å². The average Bonchev–Trinajstić information content (AvgIpc) is 2.26. The van der Waals surface area contributed by atoms with Crippen molar-refractivity contribution in [3.05, 3.63) is 18.3 Å². The molecule has 0 saturated carbocycles. The zero-order valence-electron chi connectivity index (χ0n) is 12.5. The van der Waals surface area contributed by atoms with Crippen LogP contribution in [0.15, 0.2) is 23.2 Å². The lowest BCUT2D eigenvalue weighted by atomic mass is 10.0. The van der Waals surface area contributed by atoms with Crippen molar-refractivity contribution in [3.63, 3.8) is 0 Å². The van der Waals surface area contributed by atoms with Crippen LogP contribution in [0.4, 0.5) is 5.82 Å². The van der Waals surface area contributed by atoms with Crippen molar-refractivity contribution >= 4 is 15.8 Å². The highest BCUT2D eigenvalue weighted by Crippen LogP contribution is 2.12. The van der Waals surface area contributed by atoms with E-state index in [4.69, 9.17) is 5.73 Å². The van der Waals surface area contributed by atoms with Crippen LogP contribution in [0.2, 0.25) is 0 Å². The zero-order chi connectivity index (χ0) is 15.3. The molecule has 114 valence electrons. The van der Waals surface area contributed by atoms with Crippen LogP contribution in [0.25, 0.3) is 0 Å². The predicted molar refractivity (Wildman–Crippen MR) is 80.8 cm³/mol. The molecule has 0 fully saturated rings. The fourth-order valence-electron chi connectivity index (χ4n) is 2.01. The Morgan fingerprint density at radius 1 is 1.35 bits per heavy atom. The lowest BCUT2D eigenvalue weighted by Crippen LogP contribution is -2.42. The van der Waals surface area contributed by atoms with Crippen LogP contribution in [-0.4, -0.2) is 45.0 Å². The van der Waals surface area contributed by atoms with Gasteiger partial charge in [0.15, 0.2) is 0 Å². The quantitative estimate of drug-likeness (QED) is 0.781. The highest BCUT2D eigenvalue weighted by atomic mass is 32.2. The standard InChI is InChI=1S/C13H24N4O2S/c1-10(2)7-11(9-17(3)4)16-20(18,19)12-5-6-13(14)15-8-12/h5-6,8,10-11,16H,7,9H2,1-4H3,(H2,14,15). The minimum absolute atomic E-state index is 0.132. The summed E-state index contributed by atoms with van der Waals surface area (Å²) in [6.45, 7) is 4.79. The normalized spacial score (nSPS) is 13.9. The molecule has 20 heavy (non-hydrogen) atoms. The molecule has 1 rings (SSSR count). The zero-order valence-corrected chi connectivity index (χ0v) is 13.3. The van der Waals surface area contributed by atoms with Gasteiger partial charge in [0, 0.05) is 18.8 Å². The van der Waals surface area contributed by atoms with Crippen LogP contribution in [0.5, 0.6) is 0 Å². The van der Waals surface area contributed by atoms with E-state index in [0.29, 0.717) is 18.3 Å². The van der Waals surface area contributed by atoms with Crippen LogP contribution in [0, 0.1) is 5.92 Å². The van der Waals surface area contributed by atoms with E-state index >= 15 is 0 Å². The molecule has 0 aromatic carbocycles. The summed E-state index contributed by atoms with van der Waals surface area (Å²) in [4.78, 5) is 5.93. The van der Waals surface area contributed by atoms with Gasteiger partial charge in [0.1, 0.15) is 10.7 Å². The summed E-state index contributed by atoms with van der Waals surface area (Å²) < 4.78 is 27.4. The Morgan fingerprint density at radius 3 is 2.45 bits per heavy atom. The first-order chi connectivity index (χ1) is 9.20. The first-order valence-corrected chi connectivity index (χ1v) is 8.07. The summed E-state index contributed by atoms with van der Waals surface area (Å²) >= 11 is 0. The van der Waals surface area contributed by atoms with Gasteiger partial charge < -0.3 is 10.6 Å². The van der Waals surface area contributed by atoms with E-state index in [-0.39, 0.29) is 10.9 Å². The van der Waals surface area contributed by atoms with Crippen LogP contribution in [0.3, 0.4) is 0 Å². The van der Waals surface area contributed by atoms with E-state index in [0.717, 1.165) is 6.42 Å². The molecule has 0 radical (unpaired) electrons. The second kappa shape index (κ2) is 7.01. The monoisotopic (exact) mass is 300 g/mol. The van der Waals surface area contributed by atoms with Gasteiger partial charge in [0.05, 0.1) is 0 Å². The number of hydrogen-bond acceptors (Lipinski definition) is 5. The Kier molecular flexibility index (Phi) is 5.91. The number of rotatable bonds is 7. The first-order valence-electron chi connectivity index (χ1n) is 6.59. The van der Waals surface area contributed by atoms with Gasteiger partial charge in [-0.25, -0.2) is 18.1 Å². The van der Waals surface area contributed by atoms with Crippen molar-refractivity contribution in [2.24, 2.45) is 5.92 Å². The largest absolute Gasteiger partial charge is 0.384 e. The van der Waals surface area contributed by atoms with Gasteiger partial charge in [-0.05, 0) is 38.6 Å². The molecule has 6 nitrogen and oxygen atoms in total. The fraction of sp³-hybridized carbons (Fsp3) is 0.615. The molecule has 1 aromatic rings. The van der Waals surface area contributed by atoms with Crippen LogP contribution in [-0.2, 0) is 10.0 Å². The number of sulfonamides is 1. The molecule has 0 aliphatic heterocycles. The third-order valence-corrected chi connectivity index (χ3v) is 4.24. The maximum absolute atomic E-state index is 12.3. The average molecular weight is 300 g/mol. The summed E-state index contributed by atoms with van der Waals surface area (Å²) in [5, 5.41) is 0. The topological polar surface area (TPSA) is 88.3 Å². The molecule has 0 saturated heterocycles. The molecule has 0 bridgehead atoms. The molecule has 1 aromatic heterocycles. The second-order valence-corrected chi connectivity index (χ2v) is 7.34. The van der Waals surface area contributed by atoms with Gasteiger partial charge in [-0.15, -0.1) is 0 Å². The van der Waals surface area contributed by atoms with Gasteiger partial charge in [-0.1, -0.05) is 13.8 Å². The third-order valence-electron chi connectivity index (χ3n) is 2.73. The highest BCUT2D eigenvalue weighted by Gasteiger charge is 2.21. The van der Waals surface area contributed by atoms with Crippen LogP contribution >= 0.6 is 0 Å². The van der Waals surface area contributed by atoms with E-state index in [1.807, 2.05) is 19.0 Å². The van der Waals surface area contributed by atoms with Gasteiger partial charge >= 0.3 is 0 Å². The molecular formula is C13H24N4O2S. The van der Waals surface area contributed by atoms with Crippen molar-refractivity contribution < 1.29 is 8.42 Å². The van der Waals surface area contributed by atoms with Crippen molar-refractivity contribution in [2.45, 2.75) is 31.2 Å². The molecule has 7 heteroatoms. The highest BCUT2D eigenvalue weighted by molar-refractivity contribution is 7.89. The Balaban J connectivity index is 2.87. The van der Waals surface area contributed by atoms with Crippen molar-refractivity contribution in [3.8, 4) is 0 Å². The van der Waals surface area contributed by atoms with Crippen LogP contribution < -0.4 is 10.5 Å². The summed E-state index contributed by atoms with van der Waals surface area (Å²) in [5.41, 5.74) is 5.47. The van der Waals surface area contributed by atoms with Crippen molar-refractivity contribution in [1.82, 2.24) is 14.6 Å². The molecule has 1 unspecified atom stereocenters. The maximum Gasteiger partial charge on any atom is 0.242 e. The minimum Gasteiger partial charge on any atom is -0.384 e. The Bertz CT molecular complexity index is 502. The van der Waals surface area contributed by atoms with Gasteiger partial charge in [-0.2, -0.15) is 0 Å². The SMILES string of the molecule is CC(C)CC(CN(C)C)NS(=O)(=O)c1ccc(N)nc1. The molecule has 3 N–H and O–H groups in total. The van der Waals surface area contributed by atoms with Gasteiger partial charge in [0.25, 0.3) is 0 Å². The number of hydrogen-bond donors (Lipinski definition) is 2. The molecule has 0 aliphatic rings.